The zero-order valence-electron chi connectivity index (χ0n) is 17.8. The van der Waals surface area contributed by atoms with Crippen LogP contribution >= 0.6 is 0 Å². The Bertz CT molecular complexity index is 1270. The van der Waals surface area contributed by atoms with Crippen molar-refractivity contribution in [1.82, 2.24) is 25.1 Å². The largest absolute Gasteiger partial charge is 0.493 e. The number of fused-ring (bicyclic) bond motifs is 1. The average molecular weight is 417 g/mol. The molecule has 1 N–H and O–H groups in total. The molecule has 31 heavy (non-hydrogen) atoms. The second-order valence-electron chi connectivity index (χ2n) is 7.16. The number of nitrogens with zero attached hydrogens (tertiary/aromatic N) is 4. The van der Waals surface area contributed by atoms with E-state index in [-0.39, 0.29) is 12.5 Å². The predicted octanol–water partition coefficient (Wildman–Crippen LogP) is 3.36. The van der Waals surface area contributed by atoms with Gasteiger partial charge in [-0.15, -0.1) is 10.2 Å². The third-order valence-corrected chi connectivity index (χ3v) is 5.18. The van der Waals surface area contributed by atoms with Gasteiger partial charge in [0.15, 0.2) is 23.0 Å². The molecular weight excluding hydrogens is 394 g/mol. The molecule has 0 radical (unpaired) electrons. The van der Waals surface area contributed by atoms with E-state index < -0.39 is 0 Å². The van der Waals surface area contributed by atoms with Gasteiger partial charge >= 0.3 is 0 Å². The number of carbonyl (C=O) groups excluding carboxylic acids is 1. The van der Waals surface area contributed by atoms with E-state index in [9.17, 15) is 4.79 Å². The van der Waals surface area contributed by atoms with E-state index in [0.717, 1.165) is 11.3 Å². The summed E-state index contributed by atoms with van der Waals surface area (Å²) in [7, 11) is 3.08. The highest BCUT2D eigenvalue weighted by atomic mass is 16.5. The van der Waals surface area contributed by atoms with Gasteiger partial charge in [-0.1, -0.05) is 12.1 Å². The number of carbonyl (C=O) groups is 1. The third-order valence-electron chi connectivity index (χ3n) is 5.18. The number of amides is 1. The lowest BCUT2D eigenvalue weighted by atomic mass is 10.0. The highest BCUT2D eigenvalue weighted by Crippen LogP contribution is 2.27. The zero-order valence-corrected chi connectivity index (χ0v) is 17.8. The van der Waals surface area contributed by atoms with E-state index in [1.807, 2.05) is 18.2 Å². The molecule has 4 rings (SSSR count). The van der Waals surface area contributed by atoms with Gasteiger partial charge in [0.05, 0.1) is 26.5 Å². The van der Waals surface area contributed by atoms with Crippen LogP contribution in [0, 0.1) is 13.8 Å². The van der Waals surface area contributed by atoms with Gasteiger partial charge in [-0.25, -0.2) is 0 Å². The smallest absolute Gasteiger partial charge is 0.251 e. The van der Waals surface area contributed by atoms with Crippen molar-refractivity contribution in [3.8, 4) is 22.8 Å². The molecule has 4 aromatic rings. The fourth-order valence-corrected chi connectivity index (χ4v) is 3.24. The molecule has 0 saturated carbocycles. The molecule has 0 atom stereocenters. The molecular formula is C23H23N5O3. The van der Waals surface area contributed by atoms with E-state index in [1.54, 1.807) is 29.8 Å². The van der Waals surface area contributed by atoms with Gasteiger partial charge in [-0.3, -0.25) is 4.79 Å². The minimum absolute atomic E-state index is 0.178. The van der Waals surface area contributed by atoms with Crippen LogP contribution in [0.5, 0.6) is 11.5 Å². The van der Waals surface area contributed by atoms with Crippen LogP contribution in [0.25, 0.3) is 16.9 Å². The van der Waals surface area contributed by atoms with E-state index in [2.05, 4.69) is 46.6 Å². The zero-order chi connectivity index (χ0) is 22.0. The fraction of sp³-hybridized carbons (Fsp3) is 0.217. The maximum Gasteiger partial charge on any atom is 0.251 e. The van der Waals surface area contributed by atoms with Crippen LogP contribution < -0.4 is 14.8 Å². The van der Waals surface area contributed by atoms with Gasteiger partial charge in [0, 0.05) is 11.1 Å². The van der Waals surface area contributed by atoms with Gasteiger partial charge in [-0.2, -0.15) is 9.61 Å². The summed E-state index contributed by atoms with van der Waals surface area (Å²) in [5.74, 6) is 1.32. The molecule has 8 heteroatoms. The number of hydrogen-bond donors (Lipinski definition) is 1. The topological polar surface area (TPSA) is 90.6 Å². The molecule has 0 aliphatic rings. The Morgan fingerprint density at radius 2 is 1.74 bits per heavy atom. The number of aromatic nitrogens is 4. The van der Waals surface area contributed by atoms with Gasteiger partial charge in [-0.05, 0) is 61.4 Å². The summed E-state index contributed by atoms with van der Waals surface area (Å²) in [6, 6.07) is 15.0. The molecule has 1 amide bonds. The molecule has 2 aromatic carbocycles. The van der Waals surface area contributed by atoms with Gasteiger partial charge in [0.25, 0.3) is 5.91 Å². The predicted molar refractivity (Wildman–Crippen MR) is 116 cm³/mol. The minimum Gasteiger partial charge on any atom is -0.493 e. The number of rotatable bonds is 6. The van der Waals surface area contributed by atoms with Crippen LogP contribution in [0.1, 0.15) is 27.3 Å². The van der Waals surface area contributed by atoms with Crippen LogP contribution in [0.4, 0.5) is 0 Å². The van der Waals surface area contributed by atoms with Gasteiger partial charge in [0.2, 0.25) is 0 Å². The Morgan fingerprint density at radius 1 is 0.935 bits per heavy atom. The van der Waals surface area contributed by atoms with Crippen molar-refractivity contribution < 1.29 is 14.3 Å². The molecule has 2 aromatic heterocycles. The number of methoxy groups -OCH3 is 2. The normalized spacial score (nSPS) is 10.8. The summed E-state index contributed by atoms with van der Waals surface area (Å²) in [6.07, 6.45) is 0. The molecule has 158 valence electrons. The molecule has 8 nitrogen and oxygen atoms in total. The first-order valence-corrected chi connectivity index (χ1v) is 9.79. The van der Waals surface area contributed by atoms with Gasteiger partial charge in [0.1, 0.15) is 0 Å². The maximum atomic E-state index is 12.6. The summed E-state index contributed by atoms with van der Waals surface area (Å²) >= 11 is 0. The van der Waals surface area contributed by atoms with Crippen LogP contribution in [0.3, 0.4) is 0 Å². The summed E-state index contributed by atoms with van der Waals surface area (Å²) < 4.78 is 12.1. The Kier molecular flexibility index (Phi) is 5.53. The molecule has 0 fully saturated rings. The summed E-state index contributed by atoms with van der Waals surface area (Å²) in [5, 5.41) is 15.9. The number of benzene rings is 2. The van der Waals surface area contributed by atoms with Crippen molar-refractivity contribution in [2.24, 2.45) is 0 Å². The van der Waals surface area contributed by atoms with Crippen molar-refractivity contribution in [1.29, 1.82) is 0 Å². The Morgan fingerprint density at radius 3 is 2.48 bits per heavy atom. The maximum absolute atomic E-state index is 12.6. The molecule has 0 unspecified atom stereocenters. The van der Waals surface area contributed by atoms with Crippen LogP contribution in [0.2, 0.25) is 0 Å². The summed E-state index contributed by atoms with van der Waals surface area (Å²) in [6.45, 7) is 4.33. The molecule has 0 spiro atoms. The lowest BCUT2D eigenvalue weighted by Crippen LogP contribution is -2.24. The van der Waals surface area contributed by atoms with Gasteiger partial charge < -0.3 is 14.8 Å². The SMILES string of the molecule is COc1ccc(C(=O)NCc2nnc3ccc(-c4ccc(C)c(C)c4)nn23)cc1OC. The van der Waals surface area contributed by atoms with Crippen molar-refractivity contribution >= 4 is 11.6 Å². The fourth-order valence-electron chi connectivity index (χ4n) is 3.24. The third kappa shape index (κ3) is 4.05. The Labute approximate surface area is 179 Å². The highest BCUT2D eigenvalue weighted by molar-refractivity contribution is 5.94. The molecule has 0 aliphatic carbocycles. The monoisotopic (exact) mass is 417 g/mol. The molecule has 0 saturated heterocycles. The van der Waals surface area contributed by atoms with Crippen molar-refractivity contribution in [3.63, 3.8) is 0 Å². The second kappa shape index (κ2) is 8.43. The first-order chi connectivity index (χ1) is 15.0. The number of ether oxygens (including phenoxy) is 2. The average Bonchev–Trinajstić information content (AvgIpc) is 3.21. The van der Waals surface area contributed by atoms with E-state index in [1.165, 1.54) is 18.2 Å². The highest BCUT2D eigenvalue weighted by Gasteiger charge is 2.14. The van der Waals surface area contributed by atoms with Crippen LogP contribution in [0.15, 0.2) is 48.5 Å². The summed E-state index contributed by atoms with van der Waals surface area (Å²) in [5.41, 5.74) is 5.32. The van der Waals surface area contributed by atoms with E-state index >= 15 is 0 Å². The van der Waals surface area contributed by atoms with Crippen molar-refractivity contribution in [2.45, 2.75) is 20.4 Å². The number of hydrogen-bond acceptors (Lipinski definition) is 6. The lowest BCUT2D eigenvalue weighted by molar-refractivity contribution is 0.0949. The standard InChI is InChI=1S/C23H23N5O3/c1-14-5-6-16(11-15(14)2)18-8-10-21-25-26-22(28(21)27-18)13-24-23(29)17-7-9-19(30-3)20(12-17)31-4/h5-12H,13H2,1-4H3,(H,24,29). The molecule has 0 bridgehead atoms. The first-order valence-electron chi connectivity index (χ1n) is 9.79. The Hall–Kier alpha value is -3.94. The number of aryl methyl sites for hydroxylation is 2. The van der Waals surface area contributed by atoms with E-state index in [0.29, 0.717) is 28.5 Å². The van der Waals surface area contributed by atoms with E-state index in [4.69, 9.17) is 9.47 Å². The minimum atomic E-state index is -0.261. The number of nitrogens with one attached hydrogen (secondary N) is 1. The first kappa shape index (κ1) is 20.3. The van der Waals surface area contributed by atoms with Crippen LogP contribution in [-0.4, -0.2) is 39.9 Å². The lowest BCUT2D eigenvalue weighted by Gasteiger charge is -2.10. The Balaban J connectivity index is 1.56. The summed E-state index contributed by atoms with van der Waals surface area (Å²) in [4.78, 5) is 12.6. The molecule has 2 heterocycles. The van der Waals surface area contributed by atoms with Crippen molar-refractivity contribution in [3.05, 3.63) is 71.0 Å². The second-order valence-corrected chi connectivity index (χ2v) is 7.16. The van der Waals surface area contributed by atoms with Crippen molar-refractivity contribution in [2.75, 3.05) is 14.2 Å². The quantitative estimate of drug-likeness (QED) is 0.517. The van der Waals surface area contributed by atoms with Crippen LogP contribution in [-0.2, 0) is 6.54 Å². The molecule has 0 aliphatic heterocycles.